The molecule has 0 amide bonds. The van der Waals surface area contributed by atoms with Crippen LogP contribution in [0.2, 0.25) is 0 Å². The third-order valence-electron chi connectivity index (χ3n) is 5.25. The Balaban J connectivity index is 1.87. The Kier molecular flexibility index (Phi) is 6.39. The average Bonchev–Trinajstić information content (AvgIpc) is 3.19. The van der Waals surface area contributed by atoms with Crippen molar-refractivity contribution < 1.29 is 29.6 Å². The van der Waals surface area contributed by atoms with Crippen LogP contribution in [0.3, 0.4) is 0 Å². The summed E-state index contributed by atoms with van der Waals surface area (Å²) >= 11 is 0. The van der Waals surface area contributed by atoms with E-state index in [4.69, 9.17) is 4.74 Å². The highest BCUT2D eigenvalue weighted by molar-refractivity contribution is 6.00. The van der Waals surface area contributed by atoms with Gasteiger partial charge in [0.15, 0.2) is 6.61 Å². The lowest BCUT2D eigenvalue weighted by molar-refractivity contribution is -0.142. The summed E-state index contributed by atoms with van der Waals surface area (Å²) < 4.78 is 5.49. The molecule has 2 aromatic rings. The van der Waals surface area contributed by atoms with Gasteiger partial charge in [-0.3, -0.25) is 14.5 Å². The molecule has 7 heteroatoms. The molecule has 3 N–H and O–H groups in total. The van der Waals surface area contributed by atoms with Gasteiger partial charge in [0.2, 0.25) is 5.78 Å². The highest BCUT2D eigenvalue weighted by Crippen LogP contribution is 2.37. The molecule has 0 aromatic heterocycles. The number of carboxylic acid groups (broad SMARTS) is 1. The van der Waals surface area contributed by atoms with Crippen molar-refractivity contribution in [3.05, 3.63) is 53.1 Å². The smallest absolute Gasteiger partial charge is 0.320 e. The lowest BCUT2D eigenvalue weighted by Crippen LogP contribution is -2.35. The molecule has 0 bridgehead atoms. The Morgan fingerprint density at radius 3 is 2.55 bits per heavy atom. The zero-order chi connectivity index (χ0) is 21.0. The summed E-state index contributed by atoms with van der Waals surface area (Å²) in [6.45, 7) is 2.18. The molecule has 1 atom stereocenters. The average molecular weight is 399 g/mol. The minimum Gasteiger partial charge on any atom is -0.507 e. The number of phenolic OH excluding ortho intramolecular Hbond substituents is 2. The number of para-hydroxylation sites is 1. The summed E-state index contributed by atoms with van der Waals surface area (Å²) in [7, 11) is 0. The fourth-order valence-corrected chi connectivity index (χ4v) is 3.65. The predicted octanol–water partition coefficient (Wildman–Crippen LogP) is 2.97. The Morgan fingerprint density at radius 2 is 1.90 bits per heavy atom. The fourth-order valence-electron chi connectivity index (χ4n) is 3.65. The molecule has 1 heterocycles. The fraction of sp³-hybridized carbons (Fsp3) is 0.364. The van der Waals surface area contributed by atoms with Crippen molar-refractivity contribution in [1.29, 1.82) is 0 Å². The number of benzene rings is 2. The zero-order valence-electron chi connectivity index (χ0n) is 16.3. The van der Waals surface area contributed by atoms with Crippen molar-refractivity contribution in [2.45, 2.75) is 38.8 Å². The van der Waals surface area contributed by atoms with Crippen molar-refractivity contribution in [3.63, 3.8) is 0 Å². The molecule has 0 saturated carbocycles. The van der Waals surface area contributed by atoms with Crippen LogP contribution in [0.5, 0.6) is 17.2 Å². The van der Waals surface area contributed by atoms with Gasteiger partial charge >= 0.3 is 5.97 Å². The lowest BCUT2D eigenvalue weighted by atomic mass is 9.97. The number of phenols is 2. The van der Waals surface area contributed by atoms with Crippen molar-refractivity contribution in [2.24, 2.45) is 0 Å². The maximum Gasteiger partial charge on any atom is 0.320 e. The number of ether oxygens (including phenoxy) is 1. The van der Waals surface area contributed by atoms with E-state index in [1.165, 1.54) is 6.07 Å². The Morgan fingerprint density at radius 1 is 1.17 bits per heavy atom. The number of aromatic hydroxyl groups is 2. The Labute approximate surface area is 169 Å². The molecule has 2 aromatic carbocycles. The quantitative estimate of drug-likeness (QED) is 0.586. The van der Waals surface area contributed by atoms with Crippen LogP contribution in [0, 0.1) is 0 Å². The number of aryl methyl sites for hydroxylation is 1. The number of nitrogens with zero attached hydrogens (tertiary/aromatic N) is 1. The third-order valence-corrected chi connectivity index (χ3v) is 5.25. The second-order valence-corrected chi connectivity index (χ2v) is 7.10. The summed E-state index contributed by atoms with van der Waals surface area (Å²) in [5.41, 5.74) is 0.768. The number of carbonyl (C=O) groups is 2. The first-order valence-electron chi connectivity index (χ1n) is 9.67. The molecular formula is C22H25NO6. The van der Waals surface area contributed by atoms with Crippen molar-refractivity contribution in [2.75, 3.05) is 13.2 Å². The summed E-state index contributed by atoms with van der Waals surface area (Å²) in [5.74, 6) is -1.23. The van der Waals surface area contributed by atoms with Crippen LogP contribution in [0.1, 0.15) is 41.3 Å². The van der Waals surface area contributed by atoms with E-state index in [1.807, 2.05) is 13.0 Å². The summed E-state index contributed by atoms with van der Waals surface area (Å²) in [4.78, 5) is 25.9. The number of rotatable bonds is 8. The minimum atomic E-state index is -0.930. The largest absolute Gasteiger partial charge is 0.507 e. The maximum absolute atomic E-state index is 12.7. The SMILES string of the molecule is CCc1cc(C(=O)COc2ccccc2)c(O)c(CN2CCCC2C(=O)O)c1O. The maximum atomic E-state index is 12.7. The van der Waals surface area contributed by atoms with E-state index in [1.54, 1.807) is 29.2 Å². The monoisotopic (exact) mass is 399 g/mol. The van der Waals surface area contributed by atoms with E-state index in [9.17, 15) is 24.9 Å². The van der Waals surface area contributed by atoms with Gasteiger partial charge in [-0.2, -0.15) is 0 Å². The number of carbonyl (C=O) groups excluding carboxylic acids is 1. The molecule has 1 saturated heterocycles. The normalized spacial score (nSPS) is 16.7. The predicted molar refractivity (Wildman–Crippen MR) is 106 cm³/mol. The van der Waals surface area contributed by atoms with Crippen LogP contribution in [-0.2, 0) is 17.8 Å². The van der Waals surface area contributed by atoms with Gasteiger partial charge in [-0.05, 0) is 49.6 Å². The van der Waals surface area contributed by atoms with Crippen LogP contribution in [0.15, 0.2) is 36.4 Å². The van der Waals surface area contributed by atoms with E-state index >= 15 is 0 Å². The Bertz CT molecular complexity index is 896. The van der Waals surface area contributed by atoms with Crippen LogP contribution in [-0.4, -0.2) is 51.2 Å². The van der Waals surface area contributed by atoms with Crippen LogP contribution in [0.4, 0.5) is 0 Å². The molecule has 154 valence electrons. The molecular weight excluding hydrogens is 374 g/mol. The summed E-state index contributed by atoms with van der Waals surface area (Å²) in [5, 5.41) is 30.7. The number of ketones is 1. The van der Waals surface area contributed by atoms with E-state index < -0.39 is 17.8 Å². The molecule has 0 aliphatic carbocycles. The van der Waals surface area contributed by atoms with E-state index in [-0.39, 0.29) is 35.8 Å². The summed E-state index contributed by atoms with van der Waals surface area (Å²) in [6.07, 6.45) is 1.70. The van der Waals surface area contributed by atoms with Crippen molar-refractivity contribution in [1.82, 2.24) is 4.90 Å². The van der Waals surface area contributed by atoms with Crippen molar-refractivity contribution in [3.8, 4) is 17.2 Å². The molecule has 3 rings (SSSR count). The number of Topliss-reactive ketones (excluding diaryl/α,β-unsaturated/α-hetero) is 1. The van der Waals surface area contributed by atoms with Crippen LogP contribution < -0.4 is 4.74 Å². The van der Waals surface area contributed by atoms with E-state index in [0.717, 1.165) is 6.42 Å². The molecule has 0 spiro atoms. The van der Waals surface area contributed by atoms with Gasteiger partial charge in [0.1, 0.15) is 23.3 Å². The number of likely N-dealkylation sites (tertiary alicyclic amines) is 1. The van der Waals surface area contributed by atoms with Gasteiger partial charge < -0.3 is 20.1 Å². The standard InChI is InChI=1S/C22H25NO6/c1-2-14-11-16(19(24)13-29-15-7-4-3-5-8-15)21(26)17(20(14)25)12-23-10-6-9-18(23)22(27)28/h3-5,7-8,11,18,25-26H,2,6,9-10,12-13H2,1H3,(H,27,28). The molecule has 1 aliphatic rings. The van der Waals surface area contributed by atoms with Gasteiger partial charge in [-0.1, -0.05) is 25.1 Å². The van der Waals surface area contributed by atoms with Gasteiger partial charge in [-0.15, -0.1) is 0 Å². The van der Waals surface area contributed by atoms with Gasteiger partial charge in [-0.25, -0.2) is 0 Å². The first-order valence-corrected chi connectivity index (χ1v) is 9.67. The lowest BCUT2D eigenvalue weighted by Gasteiger charge is -2.23. The van der Waals surface area contributed by atoms with Crippen LogP contribution in [0.25, 0.3) is 0 Å². The van der Waals surface area contributed by atoms with E-state index in [2.05, 4.69) is 0 Å². The number of aliphatic carboxylic acids is 1. The zero-order valence-corrected chi connectivity index (χ0v) is 16.3. The molecule has 1 unspecified atom stereocenters. The highest BCUT2D eigenvalue weighted by atomic mass is 16.5. The highest BCUT2D eigenvalue weighted by Gasteiger charge is 2.32. The van der Waals surface area contributed by atoms with Gasteiger partial charge in [0.05, 0.1) is 11.1 Å². The number of carboxylic acids is 1. The molecule has 7 nitrogen and oxygen atoms in total. The first kappa shape index (κ1) is 20.7. The second kappa shape index (κ2) is 8.96. The van der Waals surface area contributed by atoms with Crippen molar-refractivity contribution >= 4 is 11.8 Å². The molecule has 1 aliphatic heterocycles. The Hall–Kier alpha value is -3.06. The number of hydrogen-bond donors (Lipinski definition) is 3. The van der Waals surface area contributed by atoms with Crippen LogP contribution >= 0.6 is 0 Å². The van der Waals surface area contributed by atoms with E-state index in [0.29, 0.717) is 30.7 Å². The summed E-state index contributed by atoms with van der Waals surface area (Å²) in [6, 6.07) is 9.69. The second-order valence-electron chi connectivity index (χ2n) is 7.10. The van der Waals surface area contributed by atoms with Gasteiger partial charge in [0.25, 0.3) is 0 Å². The topological polar surface area (TPSA) is 107 Å². The number of hydrogen-bond acceptors (Lipinski definition) is 6. The first-order chi connectivity index (χ1) is 13.9. The molecule has 1 fully saturated rings. The minimum absolute atomic E-state index is 0.0578. The molecule has 0 radical (unpaired) electrons. The molecule has 29 heavy (non-hydrogen) atoms. The van der Waals surface area contributed by atoms with Gasteiger partial charge in [0, 0.05) is 6.54 Å². The third kappa shape index (κ3) is 4.51.